The Morgan fingerprint density at radius 1 is 1.18 bits per heavy atom. The molecule has 1 N–H and O–H groups in total. The second-order valence-electron chi connectivity index (χ2n) is 6.37. The van der Waals surface area contributed by atoms with Crippen LogP contribution >= 0.6 is 0 Å². The SMILES string of the molecule is CCOc1ccccc1N1CC(C(=O)Nc2ccc(C(F)(F)F)cc2)CC1=O. The molecule has 2 aromatic rings. The second-order valence-corrected chi connectivity index (χ2v) is 6.37. The number of hydrogen-bond acceptors (Lipinski definition) is 3. The number of ether oxygens (including phenoxy) is 1. The van der Waals surface area contributed by atoms with Crippen LogP contribution in [0.15, 0.2) is 48.5 Å². The van der Waals surface area contributed by atoms with Gasteiger partial charge in [-0.25, -0.2) is 0 Å². The van der Waals surface area contributed by atoms with Gasteiger partial charge in [-0.05, 0) is 43.3 Å². The number of nitrogens with zero attached hydrogens (tertiary/aromatic N) is 1. The number of benzene rings is 2. The molecule has 2 aromatic carbocycles. The van der Waals surface area contributed by atoms with E-state index in [2.05, 4.69) is 5.32 Å². The summed E-state index contributed by atoms with van der Waals surface area (Å²) in [6, 6.07) is 11.3. The van der Waals surface area contributed by atoms with Crippen molar-refractivity contribution in [1.29, 1.82) is 0 Å². The van der Waals surface area contributed by atoms with Gasteiger partial charge in [0.1, 0.15) is 5.75 Å². The van der Waals surface area contributed by atoms with Crippen molar-refractivity contribution >= 4 is 23.2 Å². The van der Waals surface area contributed by atoms with E-state index in [0.717, 1.165) is 12.1 Å². The molecule has 1 saturated heterocycles. The van der Waals surface area contributed by atoms with Gasteiger partial charge in [0.25, 0.3) is 0 Å². The molecule has 0 aromatic heterocycles. The first-order valence-corrected chi connectivity index (χ1v) is 8.80. The Morgan fingerprint density at radius 3 is 2.50 bits per heavy atom. The zero-order valence-corrected chi connectivity index (χ0v) is 15.1. The minimum Gasteiger partial charge on any atom is -0.492 e. The summed E-state index contributed by atoms with van der Waals surface area (Å²) in [5, 5.41) is 2.58. The monoisotopic (exact) mass is 392 g/mol. The van der Waals surface area contributed by atoms with Gasteiger partial charge in [0.2, 0.25) is 11.8 Å². The number of para-hydroxylation sites is 2. The zero-order chi connectivity index (χ0) is 20.3. The van der Waals surface area contributed by atoms with Crippen molar-refractivity contribution < 1.29 is 27.5 Å². The van der Waals surface area contributed by atoms with Crippen LogP contribution in [0, 0.1) is 5.92 Å². The maximum atomic E-state index is 12.6. The molecule has 28 heavy (non-hydrogen) atoms. The first-order chi connectivity index (χ1) is 13.3. The molecule has 0 saturated carbocycles. The smallest absolute Gasteiger partial charge is 0.416 e. The zero-order valence-electron chi connectivity index (χ0n) is 15.1. The molecule has 0 bridgehead atoms. The van der Waals surface area contributed by atoms with Crippen molar-refractivity contribution in [3.05, 3.63) is 54.1 Å². The largest absolute Gasteiger partial charge is 0.492 e. The fourth-order valence-corrected chi connectivity index (χ4v) is 3.06. The average Bonchev–Trinajstić information content (AvgIpc) is 3.04. The highest BCUT2D eigenvalue weighted by atomic mass is 19.4. The van der Waals surface area contributed by atoms with Crippen LogP contribution in [0.25, 0.3) is 0 Å². The van der Waals surface area contributed by atoms with E-state index in [-0.39, 0.29) is 24.6 Å². The predicted octanol–water partition coefficient (Wildman–Crippen LogP) is 4.10. The van der Waals surface area contributed by atoms with Gasteiger partial charge < -0.3 is 15.0 Å². The normalized spacial score (nSPS) is 16.9. The lowest BCUT2D eigenvalue weighted by Crippen LogP contribution is -2.28. The minimum absolute atomic E-state index is 0.0208. The highest BCUT2D eigenvalue weighted by molar-refractivity contribution is 6.04. The van der Waals surface area contributed by atoms with E-state index in [1.54, 1.807) is 24.3 Å². The third-order valence-electron chi connectivity index (χ3n) is 4.43. The van der Waals surface area contributed by atoms with Gasteiger partial charge in [0, 0.05) is 18.7 Å². The lowest BCUT2D eigenvalue weighted by Gasteiger charge is -2.20. The molecule has 1 unspecified atom stereocenters. The van der Waals surface area contributed by atoms with E-state index >= 15 is 0 Å². The molecule has 1 fully saturated rings. The van der Waals surface area contributed by atoms with E-state index < -0.39 is 23.6 Å². The molecule has 0 radical (unpaired) electrons. The topological polar surface area (TPSA) is 58.6 Å². The number of carbonyl (C=O) groups is 2. The van der Waals surface area contributed by atoms with Crippen molar-refractivity contribution in [1.82, 2.24) is 0 Å². The Morgan fingerprint density at radius 2 is 1.86 bits per heavy atom. The van der Waals surface area contributed by atoms with Crippen molar-refractivity contribution in [3.63, 3.8) is 0 Å². The standard InChI is InChI=1S/C20H19F3N2O3/c1-2-28-17-6-4-3-5-16(17)25-12-13(11-18(25)26)19(27)24-15-9-7-14(8-10-15)20(21,22)23/h3-10,13H,2,11-12H2,1H3,(H,24,27). The first-order valence-electron chi connectivity index (χ1n) is 8.80. The van der Waals surface area contributed by atoms with Gasteiger partial charge in [-0.15, -0.1) is 0 Å². The molecule has 8 heteroatoms. The van der Waals surface area contributed by atoms with E-state index in [9.17, 15) is 22.8 Å². The molecule has 1 heterocycles. The molecule has 1 aliphatic heterocycles. The van der Waals surface area contributed by atoms with Gasteiger partial charge >= 0.3 is 6.18 Å². The van der Waals surface area contributed by atoms with E-state index in [1.165, 1.54) is 17.0 Å². The van der Waals surface area contributed by atoms with Crippen molar-refractivity contribution in [2.75, 3.05) is 23.4 Å². The van der Waals surface area contributed by atoms with Crippen molar-refractivity contribution in [2.45, 2.75) is 19.5 Å². The van der Waals surface area contributed by atoms with Crippen LogP contribution in [0.4, 0.5) is 24.5 Å². The van der Waals surface area contributed by atoms with Crippen LogP contribution in [0.5, 0.6) is 5.75 Å². The van der Waals surface area contributed by atoms with Gasteiger partial charge in [-0.1, -0.05) is 12.1 Å². The highest BCUT2D eigenvalue weighted by Crippen LogP contribution is 2.34. The van der Waals surface area contributed by atoms with Crippen molar-refractivity contribution in [3.8, 4) is 5.75 Å². The maximum absolute atomic E-state index is 12.6. The fourth-order valence-electron chi connectivity index (χ4n) is 3.06. The molecule has 3 rings (SSSR count). The van der Waals surface area contributed by atoms with Gasteiger partial charge in [0.15, 0.2) is 0 Å². The number of rotatable bonds is 5. The predicted molar refractivity (Wildman–Crippen MR) is 98.1 cm³/mol. The van der Waals surface area contributed by atoms with Gasteiger partial charge in [-0.3, -0.25) is 9.59 Å². The number of anilines is 2. The molecule has 148 valence electrons. The first kappa shape index (κ1) is 19.7. The van der Waals surface area contributed by atoms with Crippen LogP contribution < -0.4 is 15.0 Å². The number of nitrogens with one attached hydrogen (secondary N) is 1. The number of halogens is 3. The fraction of sp³-hybridized carbons (Fsp3) is 0.300. The quantitative estimate of drug-likeness (QED) is 0.834. The molecule has 0 aliphatic carbocycles. The molecule has 2 amide bonds. The summed E-state index contributed by atoms with van der Waals surface area (Å²) in [4.78, 5) is 26.4. The third kappa shape index (κ3) is 4.27. The summed E-state index contributed by atoms with van der Waals surface area (Å²) in [6.07, 6.45) is -4.41. The van der Waals surface area contributed by atoms with E-state index in [4.69, 9.17) is 4.74 Å². The van der Waals surface area contributed by atoms with Crippen LogP contribution in [0.1, 0.15) is 18.9 Å². The molecule has 0 spiro atoms. The molecule has 1 atom stereocenters. The van der Waals surface area contributed by atoms with Crippen molar-refractivity contribution in [2.24, 2.45) is 5.92 Å². The minimum atomic E-state index is -4.44. The third-order valence-corrected chi connectivity index (χ3v) is 4.43. The highest BCUT2D eigenvalue weighted by Gasteiger charge is 2.36. The number of hydrogen-bond donors (Lipinski definition) is 1. The van der Waals surface area contributed by atoms with E-state index in [1.807, 2.05) is 6.92 Å². The summed E-state index contributed by atoms with van der Waals surface area (Å²) in [5.74, 6) is -0.671. The molecule has 5 nitrogen and oxygen atoms in total. The summed E-state index contributed by atoms with van der Waals surface area (Å²) in [5.41, 5.74) is 0.0537. The molecule has 1 aliphatic rings. The summed E-state index contributed by atoms with van der Waals surface area (Å²) in [7, 11) is 0. The summed E-state index contributed by atoms with van der Waals surface area (Å²) < 4.78 is 43.4. The Bertz CT molecular complexity index is 866. The summed E-state index contributed by atoms with van der Waals surface area (Å²) in [6.45, 7) is 2.45. The van der Waals surface area contributed by atoms with Crippen LogP contribution in [0.3, 0.4) is 0 Å². The Balaban J connectivity index is 1.69. The van der Waals surface area contributed by atoms with E-state index in [0.29, 0.717) is 18.0 Å². The van der Waals surface area contributed by atoms with Crippen LogP contribution in [0.2, 0.25) is 0 Å². The second kappa shape index (κ2) is 7.92. The van der Waals surface area contributed by atoms with Crippen LogP contribution in [-0.2, 0) is 15.8 Å². The number of carbonyl (C=O) groups excluding carboxylic acids is 2. The van der Waals surface area contributed by atoms with Gasteiger partial charge in [0.05, 0.1) is 23.8 Å². The Labute approximate surface area is 160 Å². The number of alkyl halides is 3. The lowest BCUT2D eigenvalue weighted by molar-refractivity contribution is -0.137. The Kier molecular flexibility index (Phi) is 5.58. The maximum Gasteiger partial charge on any atom is 0.416 e. The van der Waals surface area contributed by atoms with Crippen LogP contribution in [-0.4, -0.2) is 25.0 Å². The lowest BCUT2D eigenvalue weighted by atomic mass is 10.1. The number of amides is 2. The molecular weight excluding hydrogens is 373 g/mol. The summed E-state index contributed by atoms with van der Waals surface area (Å²) >= 11 is 0. The Hall–Kier alpha value is -3.03. The average molecular weight is 392 g/mol. The molecular formula is C20H19F3N2O3. The van der Waals surface area contributed by atoms with Gasteiger partial charge in [-0.2, -0.15) is 13.2 Å².